The molecule has 1 atom stereocenters. The molecule has 4 nitrogen and oxygen atoms in total. The first-order valence-corrected chi connectivity index (χ1v) is 7.40. The molecule has 0 saturated heterocycles. The zero-order chi connectivity index (χ0) is 15.7. The molecule has 0 radical (unpaired) electrons. The molecule has 0 aliphatic heterocycles. The van der Waals surface area contributed by atoms with Crippen LogP contribution in [0.2, 0.25) is 5.28 Å². The van der Waals surface area contributed by atoms with E-state index in [9.17, 15) is 13.2 Å². The zero-order valence-electron chi connectivity index (χ0n) is 11.7. The minimum absolute atomic E-state index is 0.00700. The number of aryl methyl sites for hydroxylation is 1. The van der Waals surface area contributed by atoms with Gasteiger partial charge in [0.15, 0.2) is 5.65 Å². The second kappa shape index (κ2) is 4.28. The fourth-order valence-corrected chi connectivity index (χ4v) is 4.07. The Labute approximate surface area is 129 Å². The molecule has 116 valence electrons. The molecular formula is C14H12ClF3N4. The summed E-state index contributed by atoms with van der Waals surface area (Å²) in [5.74, 6) is -0.291. The number of halogens is 4. The van der Waals surface area contributed by atoms with Crippen LogP contribution in [0.1, 0.15) is 36.6 Å². The van der Waals surface area contributed by atoms with Crippen molar-refractivity contribution in [3.8, 4) is 0 Å². The summed E-state index contributed by atoms with van der Waals surface area (Å²) in [6, 6.07) is 0. The van der Waals surface area contributed by atoms with Gasteiger partial charge in [-0.25, -0.2) is 15.0 Å². The average molecular weight is 329 g/mol. The highest BCUT2D eigenvalue weighted by Crippen LogP contribution is 2.70. The van der Waals surface area contributed by atoms with Crippen molar-refractivity contribution >= 4 is 22.8 Å². The van der Waals surface area contributed by atoms with Crippen LogP contribution in [-0.4, -0.2) is 26.1 Å². The standard InChI is InChI=1S/C14H12ClF3N4/c1-6-5-19-10-9(21-12(15)22-11(10)20-6)8-4-13(14(16,17)18)2-7(8)3-13/h5,7-8H,2-4H2,1H3/t7-,8-,13+/m0/s1. The summed E-state index contributed by atoms with van der Waals surface area (Å²) < 4.78 is 39.7. The van der Waals surface area contributed by atoms with Gasteiger partial charge in [-0.15, -0.1) is 0 Å². The molecule has 3 aliphatic carbocycles. The van der Waals surface area contributed by atoms with E-state index in [0.29, 0.717) is 22.6 Å². The van der Waals surface area contributed by atoms with Crippen LogP contribution in [0.15, 0.2) is 6.20 Å². The molecule has 5 rings (SSSR count). The molecule has 0 amide bonds. The minimum atomic E-state index is -4.16. The predicted molar refractivity (Wildman–Crippen MR) is 73.4 cm³/mol. The van der Waals surface area contributed by atoms with Crippen LogP contribution in [0.5, 0.6) is 0 Å². The molecule has 0 aromatic carbocycles. The third kappa shape index (κ3) is 1.84. The second-order valence-corrected chi connectivity index (χ2v) is 6.66. The summed E-state index contributed by atoms with van der Waals surface area (Å²) in [5, 5.41) is 0.00700. The molecule has 2 heterocycles. The number of hydrogen-bond donors (Lipinski definition) is 0. The molecule has 2 aromatic rings. The minimum Gasteiger partial charge on any atom is -0.249 e. The van der Waals surface area contributed by atoms with Gasteiger partial charge < -0.3 is 0 Å². The second-order valence-electron chi connectivity index (χ2n) is 6.32. The number of rotatable bonds is 1. The summed E-state index contributed by atoms with van der Waals surface area (Å²) in [7, 11) is 0. The lowest BCUT2D eigenvalue weighted by atomic mass is 9.69. The van der Waals surface area contributed by atoms with Crippen molar-refractivity contribution in [2.75, 3.05) is 0 Å². The largest absolute Gasteiger partial charge is 0.394 e. The molecule has 0 N–H and O–H groups in total. The topological polar surface area (TPSA) is 51.6 Å². The Hall–Kier alpha value is -1.50. The average Bonchev–Trinajstić information content (AvgIpc) is 2.92. The highest BCUT2D eigenvalue weighted by molar-refractivity contribution is 6.28. The highest BCUT2D eigenvalue weighted by atomic mass is 35.5. The van der Waals surface area contributed by atoms with Gasteiger partial charge in [0.25, 0.3) is 0 Å². The monoisotopic (exact) mass is 328 g/mol. The van der Waals surface area contributed by atoms with E-state index in [1.807, 2.05) is 0 Å². The fraction of sp³-hybridized carbons (Fsp3) is 0.571. The summed E-state index contributed by atoms with van der Waals surface area (Å²) in [6.07, 6.45) is -2.19. The Kier molecular flexibility index (Phi) is 2.74. The lowest BCUT2D eigenvalue weighted by Gasteiger charge is -2.39. The quantitative estimate of drug-likeness (QED) is 0.747. The first-order chi connectivity index (χ1) is 10.3. The van der Waals surface area contributed by atoms with Gasteiger partial charge in [0.1, 0.15) is 5.52 Å². The van der Waals surface area contributed by atoms with Crippen LogP contribution in [0, 0.1) is 18.3 Å². The number of nitrogens with zero attached hydrogens (tertiary/aromatic N) is 4. The van der Waals surface area contributed by atoms with E-state index >= 15 is 0 Å². The summed E-state index contributed by atoms with van der Waals surface area (Å²) in [4.78, 5) is 16.7. The Bertz CT molecular complexity index is 765. The van der Waals surface area contributed by atoms with Crippen molar-refractivity contribution in [1.29, 1.82) is 0 Å². The third-order valence-corrected chi connectivity index (χ3v) is 5.14. The van der Waals surface area contributed by atoms with Crippen molar-refractivity contribution in [3.63, 3.8) is 0 Å². The number of hydrogen-bond acceptors (Lipinski definition) is 4. The normalized spacial score (nSPS) is 30.6. The van der Waals surface area contributed by atoms with Crippen LogP contribution >= 0.6 is 11.6 Å². The lowest BCUT2D eigenvalue weighted by Crippen LogP contribution is -2.42. The Morgan fingerprint density at radius 2 is 1.91 bits per heavy atom. The first kappa shape index (κ1) is 14.1. The van der Waals surface area contributed by atoms with Crippen LogP contribution in [0.3, 0.4) is 0 Å². The smallest absolute Gasteiger partial charge is 0.249 e. The molecule has 3 fully saturated rings. The molecule has 0 spiro atoms. The fourth-order valence-electron chi connectivity index (χ4n) is 3.90. The van der Waals surface area contributed by atoms with E-state index in [2.05, 4.69) is 19.9 Å². The van der Waals surface area contributed by atoms with E-state index < -0.39 is 11.6 Å². The first-order valence-electron chi connectivity index (χ1n) is 7.03. The van der Waals surface area contributed by atoms with E-state index in [0.717, 1.165) is 0 Å². The maximum atomic E-state index is 13.2. The SMILES string of the molecule is Cc1cnc2c([C@H]3C[C@]4(C(F)(F)F)C[C@@H]3C4)nc(Cl)nc2n1. The van der Waals surface area contributed by atoms with Crippen molar-refractivity contribution < 1.29 is 13.2 Å². The summed E-state index contributed by atoms with van der Waals surface area (Å²) in [6.45, 7) is 1.77. The van der Waals surface area contributed by atoms with Crippen LogP contribution in [0.25, 0.3) is 11.2 Å². The summed E-state index contributed by atoms with van der Waals surface area (Å²) in [5.41, 5.74) is 0.446. The van der Waals surface area contributed by atoms with Gasteiger partial charge in [-0.2, -0.15) is 18.2 Å². The highest BCUT2D eigenvalue weighted by Gasteiger charge is 2.69. The Balaban J connectivity index is 1.80. The Morgan fingerprint density at radius 3 is 2.55 bits per heavy atom. The van der Waals surface area contributed by atoms with E-state index in [-0.39, 0.29) is 36.4 Å². The van der Waals surface area contributed by atoms with Crippen LogP contribution < -0.4 is 0 Å². The van der Waals surface area contributed by atoms with Gasteiger partial charge in [-0.1, -0.05) is 0 Å². The van der Waals surface area contributed by atoms with Gasteiger partial charge in [-0.3, -0.25) is 0 Å². The zero-order valence-corrected chi connectivity index (χ0v) is 12.4. The molecule has 3 saturated carbocycles. The van der Waals surface area contributed by atoms with Crippen LogP contribution in [-0.2, 0) is 0 Å². The van der Waals surface area contributed by atoms with E-state index in [1.165, 1.54) is 0 Å². The van der Waals surface area contributed by atoms with E-state index in [4.69, 9.17) is 11.6 Å². The number of alkyl halides is 3. The number of aromatic nitrogens is 4. The van der Waals surface area contributed by atoms with Crippen molar-refractivity contribution in [2.45, 2.75) is 38.3 Å². The predicted octanol–water partition coefficient (Wildman–Crippen LogP) is 3.83. The Morgan fingerprint density at radius 1 is 1.18 bits per heavy atom. The maximum Gasteiger partial charge on any atom is 0.394 e. The van der Waals surface area contributed by atoms with Crippen LogP contribution in [0.4, 0.5) is 13.2 Å². The van der Waals surface area contributed by atoms with E-state index in [1.54, 1.807) is 13.1 Å². The van der Waals surface area contributed by atoms with Gasteiger partial charge in [0, 0.05) is 12.1 Å². The molecule has 0 unspecified atom stereocenters. The van der Waals surface area contributed by atoms with Gasteiger partial charge in [0.2, 0.25) is 5.28 Å². The van der Waals surface area contributed by atoms with Gasteiger partial charge >= 0.3 is 6.18 Å². The lowest BCUT2D eigenvalue weighted by molar-refractivity contribution is -0.244. The third-order valence-electron chi connectivity index (χ3n) is 4.97. The molecule has 3 aliphatic rings. The molecular weight excluding hydrogens is 317 g/mol. The molecule has 2 bridgehead atoms. The van der Waals surface area contributed by atoms with Gasteiger partial charge in [0.05, 0.1) is 16.8 Å². The van der Waals surface area contributed by atoms with Crippen molar-refractivity contribution in [1.82, 2.24) is 19.9 Å². The van der Waals surface area contributed by atoms with Crippen molar-refractivity contribution in [2.24, 2.45) is 11.3 Å². The number of fused-ring (bicyclic) bond motifs is 2. The molecule has 8 heteroatoms. The van der Waals surface area contributed by atoms with Gasteiger partial charge in [-0.05, 0) is 43.7 Å². The maximum absolute atomic E-state index is 13.2. The molecule has 22 heavy (non-hydrogen) atoms. The summed E-state index contributed by atoms with van der Waals surface area (Å²) >= 11 is 5.93. The molecule has 2 aromatic heterocycles. The van der Waals surface area contributed by atoms with Crippen molar-refractivity contribution in [3.05, 3.63) is 22.9 Å².